The van der Waals surface area contributed by atoms with Crippen molar-refractivity contribution in [1.29, 1.82) is 0 Å². The summed E-state index contributed by atoms with van der Waals surface area (Å²) >= 11 is 1.42. The molecule has 2 unspecified atom stereocenters. The van der Waals surface area contributed by atoms with Crippen LogP contribution in [-0.2, 0) is 15.0 Å². The molecule has 11 heteroatoms. The second kappa shape index (κ2) is 21.7. The van der Waals surface area contributed by atoms with Crippen LogP contribution in [0.5, 0.6) is 0 Å². The summed E-state index contributed by atoms with van der Waals surface area (Å²) in [7, 11) is 4.02. The van der Waals surface area contributed by atoms with Gasteiger partial charge in [0.2, 0.25) is 5.91 Å². The first-order chi connectivity index (χ1) is 27.1. The summed E-state index contributed by atoms with van der Waals surface area (Å²) < 4.78 is 0. The second-order valence-electron chi connectivity index (χ2n) is 17.4. The number of hydrogen-bond acceptors (Lipinski definition) is 8. The first kappa shape index (κ1) is 45.8. The summed E-state index contributed by atoms with van der Waals surface area (Å²) in [5.74, 6) is 1.44. The molecule has 0 bridgehead atoms. The number of nitrogens with zero attached hydrogens (tertiary/aromatic N) is 3. The van der Waals surface area contributed by atoms with Crippen LogP contribution in [0.25, 0.3) is 17.0 Å². The normalized spacial score (nSPS) is 20.2. The molecule has 1 aromatic carbocycles. The van der Waals surface area contributed by atoms with E-state index in [9.17, 15) is 19.5 Å². The van der Waals surface area contributed by atoms with Crippen LogP contribution in [0, 0.1) is 30.6 Å². The second-order valence-corrected chi connectivity index (χ2v) is 18.5. The van der Waals surface area contributed by atoms with Gasteiger partial charge in [-0.3, -0.25) is 9.59 Å². The summed E-state index contributed by atoms with van der Waals surface area (Å²) in [6, 6.07) is 11.5. The maximum Gasteiger partial charge on any atom is 0.262 e. The minimum absolute atomic E-state index is 0.0271. The molecule has 2 fully saturated rings. The average Bonchev–Trinajstić information content (AvgIpc) is 3.69. The monoisotopic (exact) mass is 801 g/mol. The van der Waals surface area contributed by atoms with Crippen molar-refractivity contribution in [2.75, 3.05) is 40.3 Å². The van der Waals surface area contributed by atoms with E-state index in [1.807, 2.05) is 39.5 Å². The molecule has 3 aliphatic rings. The number of quaternary nitrogens is 1. The zero-order chi connectivity index (χ0) is 41.7. The minimum atomic E-state index is -1.13. The third-order valence-electron chi connectivity index (χ3n) is 11.6. The Morgan fingerprint density at radius 3 is 2.07 bits per heavy atom. The molecule has 10 nitrogen and oxygen atoms in total. The number of likely N-dealkylation sites (N-methyl/N-ethyl adjacent to an activating group) is 1. The number of aromatic nitrogens is 2. The van der Waals surface area contributed by atoms with Crippen molar-refractivity contribution in [3.63, 3.8) is 0 Å². The van der Waals surface area contributed by atoms with E-state index < -0.39 is 17.9 Å². The van der Waals surface area contributed by atoms with E-state index >= 15 is 0 Å². The number of carboxylic acids is 1. The number of likely N-dealkylation sites (tertiary alicyclic amines) is 1. The van der Waals surface area contributed by atoms with Crippen molar-refractivity contribution in [2.45, 2.75) is 111 Å². The molecule has 3 aromatic rings. The molecule has 2 aliphatic carbocycles. The Hall–Kier alpha value is -3.93. The van der Waals surface area contributed by atoms with Crippen LogP contribution in [0.4, 0.5) is 0 Å². The van der Waals surface area contributed by atoms with E-state index in [4.69, 9.17) is 5.11 Å². The number of aliphatic carboxylic acids is 1. The molecule has 57 heavy (non-hydrogen) atoms. The number of aliphatic hydroxyl groups excluding tert-OH is 1. The number of rotatable bonds is 11. The minimum Gasteiger partial charge on any atom is -0.550 e. The number of hydrogen-bond donors (Lipinski definition) is 3. The highest BCUT2D eigenvalue weighted by atomic mass is 32.1. The van der Waals surface area contributed by atoms with Gasteiger partial charge in [-0.1, -0.05) is 89.8 Å². The summed E-state index contributed by atoms with van der Waals surface area (Å²) in [6.07, 6.45) is 17.9. The lowest BCUT2D eigenvalue weighted by atomic mass is 9.71. The van der Waals surface area contributed by atoms with Gasteiger partial charge in [0, 0.05) is 53.4 Å². The van der Waals surface area contributed by atoms with E-state index in [-0.39, 0.29) is 30.3 Å². The lowest BCUT2D eigenvalue weighted by Crippen LogP contribution is -3.06. The largest absolute Gasteiger partial charge is 0.550 e. The van der Waals surface area contributed by atoms with Crippen LogP contribution in [0.15, 0.2) is 54.9 Å². The fraction of sp³-hybridized carbons (Fsp3) is 0.587. The zero-order valence-corrected chi connectivity index (χ0v) is 36.4. The summed E-state index contributed by atoms with van der Waals surface area (Å²) in [4.78, 5) is 49.1. The van der Waals surface area contributed by atoms with E-state index in [1.54, 1.807) is 6.07 Å². The van der Waals surface area contributed by atoms with E-state index in [0.717, 1.165) is 40.6 Å². The number of carbonyl (C=O) groups is 3. The highest BCUT2D eigenvalue weighted by Crippen LogP contribution is 2.41. The lowest BCUT2D eigenvalue weighted by Gasteiger charge is -2.41. The van der Waals surface area contributed by atoms with Gasteiger partial charge in [0.05, 0.1) is 25.6 Å². The van der Waals surface area contributed by atoms with Gasteiger partial charge in [0.25, 0.3) is 5.91 Å². The van der Waals surface area contributed by atoms with E-state index in [1.165, 1.54) is 89.2 Å². The molecule has 2 amide bonds. The van der Waals surface area contributed by atoms with Gasteiger partial charge < -0.3 is 30.1 Å². The van der Waals surface area contributed by atoms with Crippen molar-refractivity contribution in [2.24, 2.45) is 23.7 Å². The molecule has 0 radical (unpaired) electrons. The van der Waals surface area contributed by atoms with E-state index in [0.29, 0.717) is 17.9 Å². The van der Waals surface area contributed by atoms with Gasteiger partial charge in [0.15, 0.2) is 5.82 Å². The van der Waals surface area contributed by atoms with Crippen molar-refractivity contribution >= 4 is 34.7 Å². The van der Waals surface area contributed by atoms with Crippen LogP contribution < -0.4 is 15.3 Å². The number of amides is 2. The third-order valence-corrected chi connectivity index (χ3v) is 13.1. The molecule has 312 valence electrons. The Morgan fingerprint density at radius 1 is 0.947 bits per heavy atom. The number of benzene rings is 1. The van der Waals surface area contributed by atoms with Gasteiger partial charge in [-0.05, 0) is 86.3 Å². The SMILES string of the molecule is CCC(NC(=O)c1ccc(C(C)(C)C)s1)C(=O)N1CC(C(=O)[O-])C1.CCC1CCC(C2CC=C(c3cnc(-c4ccc(C)cc4)nc3)CC2)CC1.C[NH+](C)CCO. The quantitative estimate of drug-likeness (QED) is 0.225. The first-order valence-corrected chi connectivity index (χ1v) is 21.8. The Balaban J connectivity index is 0.000000223. The number of nitrogens with one attached hydrogen (secondary N) is 2. The Bertz CT molecular complexity index is 1750. The molecule has 1 saturated heterocycles. The number of carbonyl (C=O) groups excluding carboxylic acids is 3. The maximum atomic E-state index is 12.4. The Labute approximate surface area is 345 Å². The van der Waals surface area contributed by atoms with Crippen molar-refractivity contribution < 1.29 is 29.5 Å². The molecule has 1 saturated carbocycles. The molecule has 1 aliphatic heterocycles. The van der Waals surface area contributed by atoms with Crippen LogP contribution in [0.1, 0.15) is 118 Å². The first-order valence-electron chi connectivity index (χ1n) is 21.0. The summed E-state index contributed by atoms with van der Waals surface area (Å²) in [6.45, 7) is 14.0. The molecule has 3 heterocycles. The molecule has 2 aromatic heterocycles. The summed E-state index contributed by atoms with van der Waals surface area (Å²) in [5.41, 5.74) is 4.98. The van der Waals surface area contributed by atoms with Crippen LogP contribution in [0.2, 0.25) is 0 Å². The van der Waals surface area contributed by atoms with E-state index in [2.05, 4.69) is 80.2 Å². The zero-order valence-electron chi connectivity index (χ0n) is 35.6. The predicted octanol–water partition coefficient (Wildman–Crippen LogP) is 5.74. The number of aryl methyl sites for hydroxylation is 1. The van der Waals surface area contributed by atoms with Crippen molar-refractivity contribution in [3.8, 4) is 11.4 Å². The number of carboxylic acid groups (broad SMARTS) is 1. The van der Waals surface area contributed by atoms with Gasteiger partial charge in [0.1, 0.15) is 12.6 Å². The molecule has 6 rings (SSSR count). The van der Waals surface area contributed by atoms with Crippen molar-refractivity contribution in [1.82, 2.24) is 20.2 Å². The van der Waals surface area contributed by atoms with Gasteiger partial charge >= 0.3 is 0 Å². The molecular weight excluding hydrogens is 735 g/mol. The smallest absolute Gasteiger partial charge is 0.262 e. The van der Waals surface area contributed by atoms with Crippen LogP contribution in [0.3, 0.4) is 0 Å². The number of allylic oxidation sites excluding steroid dienone is 2. The van der Waals surface area contributed by atoms with Gasteiger partial charge in [-0.2, -0.15) is 0 Å². The number of thiophene rings is 1. The fourth-order valence-corrected chi connectivity index (χ4v) is 8.61. The van der Waals surface area contributed by atoms with Crippen LogP contribution >= 0.6 is 11.3 Å². The number of aliphatic hydroxyl groups is 1. The lowest BCUT2D eigenvalue weighted by molar-refractivity contribution is -0.858. The highest BCUT2D eigenvalue weighted by molar-refractivity contribution is 7.14. The Kier molecular flexibility index (Phi) is 17.4. The summed E-state index contributed by atoms with van der Waals surface area (Å²) in [5, 5.41) is 21.7. The van der Waals surface area contributed by atoms with Gasteiger partial charge in [-0.15, -0.1) is 11.3 Å². The maximum absolute atomic E-state index is 12.4. The molecular formula is C46H67N5O5S. The van der Waals surface area contributed by atoms with Crippen LogP contribution in [-0.4, -0.2) is 84.1 Å². The predicted molar refractivity (Wildman–Crippen MR) is 228 cm³/mol. The highest BCUT2D eigenvalue weighted by Gasteiger charge is 2.35. The fourth-order valence-electron chi connectivity index (χ4n) is 7.64. The topological polar surface area (TPSA) is 140 Å². The molecule has 3 N–H and O–H groups in total. The standard InChI is InChI=1S/C25H32N2.C17H24N2O4S.C4H11NO/c1-3-19-6-10-20(11-7-19)21-12-14-22(15-13-21)24-16-26-25(27-17-24)23-8-4-18(2)5-9-23;1-5-11(15(21)19-8-10(9-19)16(22)23)18-14(20)12-6-7-13(24-12)17(2,3)4;1-5(2)3-4-6/h4-5,8-9,14,16-17,19-21H,3,6-7,10-13,15H2,1-2H3;6-7,10-11H,5,8-9H2,1-4H3,(H,18,20)(H,22,23);6H,3-4H2,1-2H3. The average molecular weight is 802 g/mol. The van der Waals surface area contributed by atoms with Crippen molar-refractivity contribution in [3.05, 3.63) is 75.7 Å². The van der Waals surface area contributed by atoms with Gasteiger partial charge in [-0.25, -0.2) is 9.97 Å². The third kappa shape index (κ3) is 13.6. The molecule has 2 atom stereocenters. The Morgan fingerprint density at radius 2 is 1.60 bits per heavy atom. The molecule has 0 spiro atoms.